The highest BCUT2D eigenvalue weighted by molar-refractivity contribution is 5.44. The molecule has 0 fully saturated rings. The van der Waals surface area contributed by atoms with Crippen LogP contribution in [0, 0.1) is 5.82 Å². The van der Waals surface area contributed by atoms with Gasteiger partial charge in [0.2, 0.25) is 0 Å². The Morgan fingerprint density at radius 2 is 1.92 bits per heavy atom. The number of halogens is 1. The normalized spacial score (nSPS) is 9.92. The first-order chi connectivity index (χ1) is 5.74. The molecule has 12 heavy (non-hydrogen) atoms. The van der Waals surface area contributed by atoms with Gasteiger partial charge in [-0.2, -0.15) is 0 Å². The molecule has 0 heterocycles. The maximum absolute atomic E-state index is 12.5. The molecule has 1 N–H and O–H groups in total. The Balaban J connectivity index is 2.68. The van der Waals surface area contributed by atoms with Crippen molar-refractivity contribution in [2.24, 2.45) is 0 Å². The van der Waals surface area contributed by atoms with E-state index in [-0.39, 0.29) is 5.82 Å². The number of rotatable bonds is 3. The Morgan fingerprint density at radius 1 is 1.33 bits per heavy atom. The van der Waals surface area contributed by atoms with Crippen LogP contribution in [0.15, 0.2) is 24.3 Å². The van der Waals surface area contributed by atoms with Gasteiger partial charge in [-0.3, -0.25) is 0 Å². The van der Waals surface area contributed by atoms with Crippen molar-refractivity contribution in [3.63, 3.8) is 0 Å². The molecule has 0 unspecified atom stereocenters. The van der Waals surface area contributed by atoms with Gasteiger partial charge in [0.1, 0.15) is 5.82 Å². The van der Waals surface area contributed by atoms with Crippen molar-refractivity contribution in [1.29, 1.82) is 0 Å². The molecule has 3 heteroatoms. The predicted octanol–water partition coefficient (Wildman–Crippen LogP) is 1.44. The average Bonchev–Trinajstić information content (AvgIpc) is 2.06. The van der Waals surface area contributed by atoms with Crippen LogP contribution < -0.4 is 10.2 Å². The molecule has 1 rings (SSSR count). The van der Waals surface area contributed by atoms with Gasteiger partial charge < -0.3 is 10.2 Å². The van der Waals surface area contributed by atoms with Crippen LogP contribution in [0.3, 0.4) is 0 Å². The lowest BCUT2D eigenvalue weighted by atomic mass is 10.3. The summed E-state index contributed by atoms with van der Waals surface area (Å²) in [6.45, 7) is 0.756. The van der Waals surface area contributed by atoms with Gasteiger partial charge in [-0.15, -0.1) is 0 Å². The molecule has 0 saturated carbocycles. The van der Waals surface area contributed by atoms with Crippen LogP contribution in [0.1, 0.15) is 0 Å². The van der Waals surface area contributed by atoms with Crippen LogP contribution in [0.25, 0.3) is 0 Å². The van der Waals surface area contributed by atoms with Crippen LogP contribution in [-0.4, -0.2) is 20.8 Å². The van der Waals surface area contributed by atoms with Crippen molar-refractivity contribution in [3.8, 4) is 0 Å². The minimum atomic E-state index is -0.198. The fourth-order valence-corrected chi connectivity index (χ4v) is 1.02. The first-order valence-corrected chi connectivity index (χ1v) is 3.85. The molecule has 1 aromatic rings. The Hall–Kier alpha value is -1.09. The second kappa shape index (κ2) is 4.07. The molecular formula is C9H13FN2. The largest absolute Gasteiger partial charge is 0.362 e. The van der Waals surface area contributed by atoms with E-state index in [4.69, 9.17) is 0 Å². The molecule has 0 aliphatic carbocycles. The van der Waals surface area contributed by atoms with E-state index in [1.165, 1.54) is 12.1 Å². The van der Waals surface area contributed by atoms with Gasteiger partial charge in [-0.25, -0.2) is 4.39 Å². The summed E-state index contributed by atoms with van der Waals surface area (Å²) in [5, 5.41) is 3.01. The predicted molar refractivity (Wildman–Crippen MR) is 48.7 cm³/mol. The number of anilines is 1. The third-order valence-electron chi connectivity index (χ3n) is 1.66. The highest BCUT2D eigenvalue weighted by Crippen LogP contribution is 2.11. The van der Waals surface area contributed by atoms with E-state index in [1.807, 2.05) is 19.0 Å². The molecule has 0 bridgehead atoms. The smallest absolute Gasteiger partial charge is 0.123 e. The molecule has 0 amide bonds. The molecule has 66 valence electrons. The SMILES string of the molecule is CNCN(C)c1ccc(F)cc1. The summed E-state index contributed by atoms with van der Waals surface area (Å²) in [7, 11) is 3.82. The van der Waals surface area contributed by atoms with Crippen molar-refractivity contribution in [3.05, 3.63) is 30.1 Å². The first kappa shape index (κ1) is 9.00. The fourth-order valence-electron chi connectivity index (χ4n) is 1.02. The zero-order valence-electron chi connectivity index (χ0n) is 7.34. The van der Waals surface area contributed by atoms with Gasteiger partial charge >= 0.3 is 0 Å². The number of hydrogen-bond donors (Lipinski definition) is 1. The average molecular weight is 168 g/mol. The van der Waals surface area contributed by atoms with E-state index in [1.54, 1.807) is 12.1 Å². The summed E-state index contributed by atoms with van der Waals surface area (Å²) < 4.78 is 12.5. The Kier molecular flexibility index (Phi) is 3.05. The summed E-state index contributed by atoms with van der Waals surface area (Å²) in [4.78, 5) is 2.00. The Bertz CT molecular complexity index is 233. The first-order valence-electron chi connectivity index (χ1n) is 3.85. The summed E-state index contributed by atoms with van der Waals surface area (Å²) in [5.74, 6) is -0.198. The van der Waals surface area contributed by atoms with Crippen molar-refractivity contribution in [2.45, 2.75) is 0 Å². The van der Waals surface area contributed by atoms with Crippen molar-refractivity contribution in [2.75, 3.05) is 25.7 Å². The molecule has 0 saturated heterocycles. The maximum Gasteiger partial charge on any atom is 0.123 e. The molecule has 2 nitrogen and oxygen atoms in total. The highest BCUT2D eigenvalue weighted by atomic mass is 19.1. The summed E-state index contributed by atoms with van der Waals surface area (Å²) in [6.07, 6.45) is 0. The molecule has 0 spiro atoms. The minimum Gasteiger partial charge on any atom is -0.362 e. The van der Waals surface area contributed by atoms with Crippen LogP contribution in [-0.2, 0) is 0 Å². The molecule has 0 radical (unpaired) electrons. The summed E-state index contributed by atoms with van der Waals surface area (Å²) in [5.41, 5.74) is 1.01. The second-order valence-corrected chi connectivity index (χ2v) is 2.69. The van der Waals surface area contributed by atoms with Crippen molar-refractivity contribution in [1.82, 2.24) is 5.32 Å². The number of nitrogens with zero attached hydrogens (tertiary/aromatic N) is 1. The fraction of sp³-hybridized carbons (Fsp3) is 0.333. The number of nitrogens with one attached hydrogen (secondary N) is 1. The van der Waals surface area contributed by atoms with E-state index < -0.39 is 0 Å². The number of hydrogen-bond acceptors (Lipinski definition) is 2. The minimum absolute atomic E-state index is 0.198. The Morgan fingerprint density at radius 3 is 2.42 bits per heavy atom. The molecular weight excluding hydrogens is 155 g/mol. The zero-order chi connectivity index (χ0) is 8.97. The van der Waals surface area contributed by atoms with Gasteiger partial charge in [0.05, 0.1) is 6.67 Å². The van der Waals surface area contributed by atoms with E-state index in [9.17, 15) is 4.39 Å². The van der Waals surface area contributed by atoms with Crippen LogP contribution in [0.5, 0.6) is 0 Å². The van der Waals surface area contributed by atoms with Crippen LogP contribution in [0.2, 0.25) is 0 Å². The van der Waals surface area contributed by atoms with Crippen molar-refractivity contribution >= 4 is 5.69 Å². The van der Waals surface area contributed by atoms with Gasteiger partial charge in [-0.05, 0) is 31.3 Å². The molecule has 0 aliphatic heterocycles. The summed E-state index contributed by atoms with van der Waals surface area (Å²) in [6, 6.07) is 6.43. The topological polar surface area (TPSA) is 15.3 Å². The lowest BCUT2D eigenvalue weighted by Crippen LogP contribution is -2.28. The lowest BCUT2D eigenvalue weighted by Gasteiger charge is -2.18. The van der Waals surface area contributed by atoms with E-state index >= 15 is 0 Å². The van der Waals surface area contributed by atoms with Gasteiger partial charge in [-0.1, -0.05) is 0 Å². The molecule has 0 aliphatic rings. The highest BCUT2D eigenvalue weighted by Gasteiger charge is 1.97. The van der Waals surface area contributed by atoms with Crippen LogP contribution >= 0.6 is 0 Å². The molecule has 1 aromatic carbocycles. The lowest BCUT2D eigenvalue weighted by molar-refractivity contribution is 0.627. The monoisotopic (exact) mass is 168 g/mol. The maximum atomic E-state index is 12.5. The molecule has 0 atom stereocenters. The molecule has 0 aromatic heterocycles. The quantitative estimate of drug-likeness (QED) is 0.687. The second-order valence-electron chi connectivity index (χ2n) is 2.69. The third kappa shape index (κ3) is 2.20. The van der Waals surface area contributed by atoms with Gasteiger partial charge in [0.25, 0.3) is 0 Å². The Labute approximate surface area is 72.0 Å². The number of benzene rings is 1. The summed E-state index contributed by atoms with van der Waals surface area (Å²) >= 11 is 0. The van der Waals surface area contributed by atoms with E-state index in [0.717, 1.165) is 12.4 Å². The van der Waals surface area contributed by atoms with Gasteiger partial charge in [0.15, 0.2) is 0 Å². The zero-order valence-corrected chi connectivity index (χ0v) is 7.34. The van der Waals surface area contributed by atoms with E-state index in [2.05, 4.69) is 5.32 Å². The van der Waals surface area contributed by atoms with Gasteiger partial charge in [0, 0.05) is 12.7 Å². The van der Waals surface area contributed by atoms with Crippen molar-refractivity contribution < 1.29 is 4.39 Å². The van der Waals surface area contributed by atoms with Crippen LogP contribution in [0.4, 0.5) is 10.1 Å². The standard InChI is InChI=1S/C9H13FN2/c1-11-7-12(2)9-5-3-8(10)4-6-9/h3-6,11H,7H2,1-2H3. The van der Waals surface area contributed by atoms with E-state index in [0.29, 0.717) is 0 Å². The third-order valence-corrected chi connectivity index (χ3v) is 1.66.